The molecule has 21 heavy (non-hydrogen) atoms. The van der Waals surface area contributed by atoms with Crippen molar-refractivity contribution in [3.63, 3.8) is 0 Å². The Kier molecular flexibility index (Phi) is 4.83. The van der Waals surface area contributed by atoms with Gasteiger partial charge in [0.2, 0.25) is 0 Å². The summed E-state index contributed by atoms with van der Waals surface area (Å²) in [7, 11) is 0. The van der Waals surface area contributed by atoms with E-state index in [2.05, 4.69) is 5.32 Å². The molecule has 3 N–H and O–H groups in total. The van der Waals surface area contributed by atoms with Gasteiger partial charge < -0.3 is 15.5 Å². The molecule has 0 bridgehead atoms. The van der Waals surface area contributed by atoms with Gasteiger partial charge in [0.15, 0.2) is 11.5 Å². The van der Waals surface area contributed by atoms with E-state index in [9.17, 15) is 15.0 Å². The zero-order valence-corrected chi connectivity index (χ0v) is 12.8. The van der Waals surface area contributed by atoms with Crippen LogP contribution in [-0.4, -0.2) is 16.1 Å². The molecule has 0 unspecified atom stereocenters. The molecule has 7 heteroatoms. The third-order valence-corrected chi connectivity index (χ3v) is 3.54. The molecule has 0 aliphatic carbocycles. The van der Waals surface area contributed by atoms with Gasteiger partial charge in [-0.15, -0.1) is 0 Å². The lowest BCUT2D eigenvalue weighted by Crippen LogP contribution is -2.23. The van der Waals surface area contributed by atoms with E-state index in [1.165, 1.54) is 24.3 Å². The number of rotatable bonds is 3. The van der Waals surface area contributed by atoms with Crippen LogP contribution in [0.2, 0.25) is 15.1 Å². The van der Waals surface area contributed by atoms with Gasteiger partial charge in [-0.25, -0.2) is 0 Å². The van der Waals surface area contributed by atoms with Gasteiger partial charge in [0.25, 0.3) is 5.91 Å². The molecule has 0 aliphatic rings. The van der Waals surface area contributed by atoms with E-state index >= 15 is 0 Å². The fourth-order valence-corrected chi connectivity index (χ4v) is 2.70. The van der Waals surface area contributed by atoms with Gasteiger partial charge in [0, 0.05) is 11.6 Å². The molecule has 0 heterocycles. The van der Waals surface area contributed by atoms with E-state index in [4.69, 9.17) is 34.8 Å². The second-order valence-corrected chi connectivity index (χ2v) is 5.50. The maximum absolute atomic E-state index is 12.1. The van der Waals surface area contributed by atoms with Crippen LogP contribution in [0.15, 0.2) is 30.3 Å². The molecular weight excluding hydrogens is 337 g/mol. The fraction of sp³-hybridized carbons (Fsp3) is 0.0714. The third-order valence-electron chi connectivity index (χ3n) is 2.73. The second kappa shape index (κ2) is 6.43. The average Bonchev–Trinajstić information content (AvgIpc) is 2.39. The highest BCUT2D eigenvalue weighted by atomic mass is 35.5. The molecule has 2 aromatic rings. The Balaban J connectivity index is 2.13. The average molecular weight is 347 g/mol. The number of benzene rings is 2. The Morgan fingerprint density at radius 1 is 1.00 bits per heavy atom. The van der Waals surface area contributed by atoms with E-state index in [1.807, 2.05) is 0 Å². The van der Waals surface area contributed by atoms with Crippen LogP contribution in [-0.2, 0) is 6.54 Å². The molecule has 0 saturated carbocycles. The van der Waals surface area contributed by atoms with Crippen molar-refractivity contribution in [2.75, 3.05) is 0 Å². The predicted molar refractivity (Wildman–Crippen MR) is 82.4 cm³/mol. The monoisotopic (exact) mass is 345 g/mol. The molecule has 0 radical (unpaired) electrons. The van der Waals surface area contributed by atoms with Crippen LogP contribution < -0.4 is 5.32 Å². The molecule has 4 nitrogen and oxygen atoms in total. The highest BCUT2D eigenvalue weighted by Crippen LogP contribution is 2.29. The summed E-state index contributed by atoms with van der Waals surface area (Å²) in [5.74, 6) is -0.951. The number of phenolic OH excluding ortho intramolecular Hbond substituents is 2. The van der Waals surface area contributed by atoms with Gasteiger partial charge in [-0.2, -0.15) is 0 Å². The summed E-state index contributed by atoms with van der Waals surface area (Å²) in [6.07, 6.45) is 0. The zero-order chi connectivity index (χ0) is 15.6. The highest BCUT2D eigenvalue weighted by molar-refractivity contribution is 6.42. The van der Waals surface area contributed by atoms with Crippen LogP contribution in [0.5, 0.6) is 11.5 Å². The molecule has 1 amide bonds. The summed E-state index contributed by atoms with van der Waals surface area (Å²) in [6, 6.07) is 7.10. The van der Waals surface area contributed by atoms with Crippen LogP contribution in [0.1, 0.15) is 15.9 Å². The van der Waals surface area contributed by atoms with Crippen molar-refractivity contribution in [2.45, 2.75) is 6.54 Å². The Labute approximate surface area is 135 Å². The lowest BCUT2D eigenvalue weighted by Gasteiger charge is -2.09. The van der Waals surface area contributed by atoms with E-state index in [0.717, 1.165) is 0 Å². The highest BCUT2D eigenvalue weighted by Gasteiger charge is 2.15. The van der Waals surface area contributed by atoms with Crippen molar-refractivity contribution in [2.24, 2.45) is 0 Å². The number of nitrogens with one attached hydrogen (secondary N) is 1. The Hall–Kier alpha value is -1.62. The predicted octanol–water partition coefficient (Wildman–Crippen LogP) is 3.99. The standard InChI is InChI=1S/C14H10Cl3NO3/c15-8-4-9(16)13(10(17)5-8)14(21)18-6-7-1-2-11(19)12(20)3-7/h1-5,19-20H,6H2,(H,18,21). The molecule has 0 aliphatic heterocycles. The van der Waals surface area contributed by atoms with Crippen LogP contribution in [0.4, 0.5) is 0 Å². The number of phenols is 2. The number of hydrogen-bond donors (Lipinski definition) is 3. The number of carbonyl (C=O) groups is 1. The number of aromatic hydroxyl groups is 2. The minimum Gasteiger partial charge on any atom is -0.504 e. The Morgan fingerprint density at radius 2 is 1.62 bits per heavy atom. The lowest BCUT2D eigenvalue weighted by atomic mass is 10.1. The minimum atomic E-state index is -0.464. The van der Waals surface area contributed by atoms with E-state index < -0.39 is 5.91 Å². The molecule has 0 aromatic heterocycles. The summed E-state index contributed by atoms with van der Waals surface area (Å²) >= 11 is 17.7. The maximum atomic E-state index is 12.1. The van der Waals surface area contributed by atoms with Gasteiger partial charge in [-0.3, -0.25) is 4.79 Å². The summed E-state index contributed by atoms with van der Waals surface area (Å²) < 4.78 is 0. The number of amides is 1. The number of carbonyl (C=O) groups excluding carboxylic acids is 1. The van der Waals surface area contributed by atoms with Gasteiger partial charge >= 0.3 is 0 Å². The molecule has 0 fully saturated rings. The molecular formula is C14H10Cl3NO3. The Morgan fingerprint density at radius 3 is 2.19 bits per heavy atom. The molecule has 0 saturated heterocycles. The molecule has 2 rings (SSSR count). The Bertz CT molecular complexity index is 681. The smallest absolute Gasteiger partial charge is 0.254 e. The topological polar surface area (TPSA) is 69.6 Å². The fourth-order valence-electron chi connectivity index (χ4n) is 1.71. The van der Waals surface area contributed by atoms with Crippen LogP contribution in [0, 0.1) is 0 Å². The van der Waals surface area contributed by atoms with Crippen molar-refractivity contribution in [1.29, 1.82) is 0 Å². The third kappa shape index (κ3) is 3.73. The van der Waals surface area contributed by atoms with Crippen LogP contribution in [0.25, 0.3) is 0 Å². The van der Waals surface area contributed by atoms with E-state index in [-0.39, 0.29) is 33.7 Å². The normalized spacial score (nSPS) is 10.4. The SMILES string of the molecule is O=C(NCc1ccc(O)c(O)c1)c1c(Cl)cc(Cl)cc1Cl. The molecule has 0 spiro atoms. The zero-order valence-electron chi connectivity index (χ0n) is 10.5. The molecule has 2 aromatic carbocycles. The van der Waals surface area contributed by atoms with Crippen LogP contribution in [0.3, 0.4) is 0 Å². The summed E-state index contributed by atoms with van der Waals surface area (Å²) in [5, 5.41) is 21.9. The minimum absolute atomic E-state index is 0.130. The van der Waals surface area contributed by atoms with Crippen LogP contribution >= 0.6 is 34.8 Å². The first-order valence-electron chi connectivity index (χ1n) is 5.82. The number of halogens is 3. The second-order valence-electron chi connectivity index (χ2n) is 4.25. The maximum Gasteiger partial charge on any atom is 0.254 e. The van der Waals surface area contributed by atoms with Gasteiger partial charge in [0.05, 0.1) is 15.6 Å². The van der Waals surface area contributed by atoms with E-state index in [1.54, 1.807) is 6.07 Å². The summed E-state index contributed by atoms with van der Waals surface area (Å²) in [5.41, 5.74) is 0.741. The summed E-state index contributed by atoms with van der Waals surface area (Å²) in [4.78, 5) is 12.1. The van der Waals surface area contributed by atoms with Crippen molar-refractivity contribution < 1.29 is 15.0 Å². The van der Waals surface area contributed by atoms with Gasteiger partial charge in [0.1, 0.15) is 0 Å². The van der Waals surface area contributed by atoms with Crippen molar-refractivity contribution in [3.05, 3.63) is 56.5 Å². The largest absolute Gasteiger partial charge is 0.504 e. The van der Waals surface area contributed by atoms with E-state index in [0.29, 0.717) is 10.6 Å². The first kappa shape index (κ1) is 15.8. The van der Waals surface area contributed by atoms with Crippen molar-refractivity contribution >= 4 is 40.7 Å². The molecule has 0 atom stereocenters. The van der Waals surface area contributed by atoms with Crippen molar-refractivity contribution in [3.8, 4) is 11.5 Å². The first-order chi connectivity index (χ1) is 9.88. The lowest BCUT2D eigenvalue weighted by molar-refractivity contribution is 0.0951. The quantitative estimate of drug-likeness (QED) is 0.736. The van der Waals surface area contributed by atoms with Gasteiger partial charge in [-0.1, -0.05) is 40.9 Å². The summed E-state index contributed by atoms with van der Waals surface area (Å²) in [6.45, 7) is 0.141. The number of hydrogen-bond acceptors (Lipinski definition) is 3. The first-order valence-corrected chi connectivity index (χ1v) is 6.95. The van der Waals surface area contributed by atoms with Gasteiger partial charge in [-0.05, 0) is 29.8 Å². The molecule has 110 valence electrons. The van der Waals surface area contributed by atoms with Crippen molar-refractivity contribution in [1.82, 2.24) is 5.32 Å².